The Labute approximate surface area is 94.6 Å². The maximum atomic E-state index is 12.8. The van der Waals surface area contributed by atoms with Crippen LogP contribution in [0.2, 0.25) is 0 Å². The molecule has 1 N–H and O–H groups in total. The molecule has 0 fully saturated rings. The van der Waals surface area contributed by atoms with Crippen molar-refractivity contribution in [3.63, 3.8) is 0 Å². The van der Waals surface area contributed by atoms with Gasteiger partial charge in [0.25, 0.3) is 0 Å². The third-order valence-corrected chi connectivity index (χ3v) is 2.00. The maximum absolute atomic E-state index is 12.8. The summed E-state index contributed by atoms with van der Waals surface area (Å²) in [6.07, 6.45) is 1.04. The van der Waals surface area contributed by atoms with E-state index < -0.39 is 11.8 Å². The molecule has 0 atom stereocenters. The highest BCUT2D eigenvalue weighted by Crippen LogP contribution is 2.04. The van der Waals surface area contributed by atoms with E-state index in [1.165, 1.54) is 24.3 Å². The lowest BCUT2D eigenvalue weighted by Crippen LogP contribution is -2.22. The van der Waals surface area contributed by atoms with Crippen LogP contribution in [0, 0.1) is 5.82 Å². The van der Waals surface area contributed by atoms with Crippen molar-refractivity contribution in [2.75, 3.05) is 19.7 Å². The molecule has 0 bridgehead atoms. The van der Waals surface area contributed by atoms with Gasteiger partial charge in [-0.15, -0.1) is 0 Å². The summed E-state index contributed by atoms with van der Waals surface area (Å²) in [5.41, 5.74) is 0.246. The standard InChI is InChI=1S/C12H16FNO2/c1-2-6-14-7-8-16-12(15)10-4-3-5-11(13)9-10/h3-5,9,14H,2,6-8H2,1H3. The van der Waals surface area contributed by atoms with Crippen LogP contribution in [0.3, 0.4) is 0 Å². The van der Waals surface area contributed by atoms with E-state index in [2.05, 4.69) is 12.2 Å². The van der Waals surface area contributed by atoms with Crippen LogP contribution in [-0.4, -0.2) is 25.7 Å². The summed E-state index contributed by atoms with van der Waals surface area (Å²) in [6.45, 7) is 3.88. The van der Waals surface area contributed by atoms with E-state index in [9.17, 15) is 9.18 Å². The van der Waals surface area contributed by atoms with Gasteiger partial charge < -0.3 is 10.1 Å². The summed E-state index contributed by atoms with van der Waals surface area (Å²) < 4.78 is 17.8. The Morgan fingerprint density at radius 3 is 2.94 bits per heavy atom. The Balaban J connectivity index is 2.30. The molecular weight excluding hydrogens is 209 g/mol. The predicted molar refractivity (Wildman–Crippen MR) is 59.8 cm³/mol. The quantitative estimate of drug-likeness (QED) is 0.594. The molecule has 0 radical (unpaired) electrons. The van der Waals surface area contributed by atoms with E-state index in [0.29, 0.717) is 13.2 Å². The van der Waals surface area contributed by atoms with Crippen molar-refractivity contribution in [3.8, 4) is 0 Å². The summed E-state index contributed by atoms with van der Waals surface area (Å²) in [6, 6.07) is 5.48. The summed E-state index contributed by atoms with van der Waals surface area (Å²) in [5, 5.41) is 3.10. The van der Waals surface area contributed by atoms with Crippen molar-refractivity contribution in [2.24, 2.45) is 0 Å². The van der Waals surface area contributed by atoms with Crippen molar-refractivity contribution in [2.45, 2.75) is 13.3 Å². The van der Waals surface area contributed by atoms with Crippen LogP contribution in [-0.2, 0) is 4.74 Å². The lowest BCUT2D eigenvalue weighted by molar-refractivity contribution is 0.0508. The minimum absolute atomic E-state index is 0.246. The van der Waals surface area contributed by atoms with E-state index >= 15 is 0 Å². The first kappa shape index (κ1) is 12.6. The van der Waals surface area contributed by atoms with Gasteiger partial charge in [-0.05, 0) is 31.2 Å². The van der Waals surface area contributed by atoms with E-state index in [1.807, 2.05) is 0 Å². The highest BCUT2D eigenvalue weighted by atomic mass is 19.1. The van der Waals surface area contributed by atoms with Crippen LogP contribution in [0.1, 0.15) is 23.7 Å². The monoisotopic (exact) mass is 225 g/mol. The Bertz CT molecular complexity index is 342. The third kappa shape index (κ3) is 4.40. The molecule has 0 aliphatic heterocycles. The maximum Gasteiger partial charge on any atom is 0.338 e. The molecule has 1 aromatic rings. The normalized spacial score (nSPS) is 10.1. The SMILES string of the molecule is CCCNCCOC(=O)c1cccc(F)c1. The zero-order chi connectivity index (χ0) is 11.8. The second kappa shape index (κ2) is 6.95. The molecule has 0 aliphatic rings. The number of nitrogens with one attached hydrogen (secondary N) is 1. The predicted octanol–water partition coefficient (Wildman–Crippen LogP) is 1.98. The number of halogens is 1. The van der Waals surface area contributed by atoms with Crippen molar-refractivity contribution >= 4 is 5.97 Å². The molecule has 1 aromatic carbocycles. The fraction of sp³-hybridized carbons (Fsp3) is 0.417. The minimum Gasteiger partial charge on any atom is -0.461 e. The van der Waals surface area contributed by atoms with Gasteiger partial charge in [-0.25, -0.2) is 9.18 Å². The fourth-order valence-corrected chi connectivity index (χ4v) is 1.22. The molecule has 0 aliphatic carbocycles. The molecule has 3 nitrogen and oxygen atoms in total. The number of carbonyl (C=O) groups is 1. The summed E-state index contributed by atoms with van der Waals surface area (Å²) in [5.74, 6) is -0.920. The Morgan fingerprint density at radius 1 is 1.44 bits per heavy atom. The van der Waals surface area contributed by atoms with E-state index in [-0.39, 0.29) is 5.56 Å². The zero-order valence-electron chi connectivity index (χ0n) is 9.33. The van der Waals surface area contributed by atoms with Crippen molar-refractivity contribution in [1.29, 1.82) is 0 Å². The van der Waals surface area contributed by atoms with Gasteiger partial charge >= 0.3 is 5.97 Å². The van der Waals surface area contributed by atoms with Crippen molar-refractivity contribution in [3.05, 3.63) is 35.6 Å². The first-order valence-electron chi connectivity index (χ1n) is 5.37. The minimum atomic E-state index is -0.488. The molecular formula is C12H16FNO2. The summed E-state index contributed by atoms with van der Waals surface area (Å²) in [7, 11) is 0. The second-order valence-corrected chi connectivity index (χ2v) is 3.40. The molecule has 0 amide bonds. The molecule has 0 spiro atoms. The average molecular weight is 225 g/mol. The van der Waals surface area contributed by atoms with Crippen LogP contribution in [0.5, 0.6) is 0 Å². The number of hydrogen-bond acceptors (Lipinski definition) is 3. The largest absolute Gasteiger partial charge is 0.461 e. The van der Waals surface area contributed by atoms with Gasteiger partial charge in [-0.1, -0.05) is 13.0 Å². The van der Waals surface area contributed by atoms with Crippen LogP contribution < -0.4 is 5.32 Å². The first-order valence-corrected chi connectivity index (χ1v) is 5.37. The molecule has 0 heterocycles. The number of hydrogen-bond donors (Lipinski definition) is 1. The van der Waals surface area contributed by atoms with Gasteiger partial charge in [-0.3, -0.25) is 0 Å². The molecule has 0 unspecified atom stereocenters. The van der Waals surface area contributed by atoms with Gasteiger partial charge in [0.1, 0.15) is 12.4 Å². The molecule has 0 saturated heterocycles. The van der Waals surface area contributed by atoms with Gasteiger partial charge in [-0.2, -0.15) is 0 Å². The molecule has 4 heteroatoms. The van der Waals surface area contributed by atoms with Gasteiger partial charge in [0, 0.05) is 6.54 Å². The number of benzene rings is 1. The molecule has 0 saturated carbocycles. The van der Waals surface area contributed by atoms with E-state index in [4.69, 9.17) is 4.74 Å². The zero-order valence-corrected chi connectivity index (χ0v) is 9.33. The Morgan fingerprint density at radius 2 is 2.25 bits per heavy atom. The molecule has 88 valence electrons. The highest BCUT2D eigenvalue weighted by molar-refractivity contribution is 5.89. The van der Waals surface area contributed by atoms with Gasteiger partial charge in [0.05, 0.1) is 5.56 Å². The van der Waals surface area contributed by atoms with Crippen LogP contribution in [0.25, 0.3) is 0 Å². The smallest absolute Gasteiger partial charge is 0.338 e. The number of carbonyl (C=O) groups excluding carboxylic acids is 1. The highest BCUT2D eigenvalue weighted by Gasteiger charge is 2.06. The number of ether oxygens (including phenoxy) is 1. The van der Waals surface area contributed by atoms with E-state index in [0.717, 1.165) is 13.0 Å². The van der Waals surface area contributed by atoms with Crippen molar-refractivity contribution < 1.29 is 13.9 Å². The van der Waals surface area contributed by atoms with Gasteiger partial charge in [0.2, 0.25) is 0 Å². The number of rotatable bonds is 6. The van der Waals surface area contributed by atoms with Crippen LogP contribution in [0.4, 0.5) is 4.39 Å². The number of esters is 1. The van der Waals surface area contributed by atoms with Crippen LogP contribution >= 0.6 is 0 Å². The molecule has 1 rings (SSSR count). The molecule has 16 heavy (non-hydrogen) atoms. The Kier molecular flexibility index (Phi) is 5.50. The molecule has 0 aromatic heterocycles. The lowest BCUT2D eigenvalue weighted by atomic mass is 10.2. The average Bonchev–Trinajstić information content (AvgIpc) is 2.28. The van der Waals surface area contributed by atoms with E-state index in [1.54, 1.807) is 0 Å². The lowest BCUT2D eigenvalue weighted by Gasteiger charge is -2.05. The first-order chi connectivity index (χ1) is 7.74. The summed E-state index contributed by atoms with van der Waals surface area (Å²) >= 11 is 0. The van der Waals surface area contributed by atoms with Gasteiger partial charge in [0.15, 0.2) is 0 Å². The fourth-order valence-electron chi connectivity index (χ4n) is 1.22. The summed E-state index contributed by atoms with van der Waals surface area (Å²) in [4.78, 5) is 11.4. The Hall–Kier alpha value is -1.42. The van der Waals surface area contributed by atoms with Crippen LogP contribution in [0.15, 0.2) is 24.3 Å². The second-order valence-electron chi connectivity index (χ2n) is 3.40. The van der Waals surface area contributed by atoms with Crippen molar-refractivity contribution in [1.82, 2.24) is 5.32 Å². The third-order valence-electron chi connectivity index (χ3n) is 2.00. The topological polar surface area (TPSA) is 38.3 Å².